The molecule has 0 radical (unpaired) electrons. The van der Waals surface area contributed by atoms with E-state index in [1.807, 2.05) is 0 Å². The summed E-state index contributed by atoms with van der Waals surface area (Å²) in [6.45, 7) is 1.31. The lowest BCUT2D eigenvalue weighted by Gasteiger charge is -2.21. The molecule has 0 unspecified atom stereocenters. The molecule has 1 aromatic rings. The number of Topliss-reactive ketones (excluding diaryl/α,β-unsaturated/α-hetero) is 1. The summed E-state index contributed by atoms with van der Waals surface area (Å²) in [5.41, 5.74) is -0.613. The van der Waals surface area contributed by atoms with Crippen molar-refractivity contribution in [1.29, 1.82) is 0 Å². The first-order valence-electron chi connectivity index (χ1n) is 5.49. The van der Waals surface area contributed by atoms with Gasteiger partial charge in [-0.05, 0) is 25.9 Å². The van der Waals surface area contributed by atoms with Crippen LogP contribution in [-0.2, 0) is 0 Å². The highest BCUT2D eigenvalue weighted by atomic mass is 19.1. The third-order valence-electron chi connectivity index (χ3n) is 2.96. The molecule has 1 fully saturated rings. The maximum Gasteiger partial charge on any atom is 0.171 e. The van der Waals surface area contributed by atoms with Crippen LogP contribution in [0.5, 0.6) is 0 Å². The highest BCUT2D eigenvalue weighted by Gasteiger charge is 2.27. The fraction of sp³-hybridized carbons (Fsp3) is 0.417. The van der Waals surface area contributed by atoms with Gasteiger partial charge in [-0.25, -0.2) is 13.2 Å². The number of rotatable bonds is 2. The van der Waals surface area contributed by atoms with Gasteiger partial charge >= 0.3 is 0 Å². The van der Waals surface area contributed by atoms with E-state index in [4.69, 9.17) is 0 Å². The summed E-state index contributed by atoms with van der Waals surface area (Å²) in [6.07, 6.45) is 1.10. The highest BCUT2D eigenvalue weighted by molar-refractivity contribution is 5.98. The number of carbonyl (C=O) groups excluding carboxylic acids is 1. The normalized spacial score (nSPS) is 17.1. The van der Waals surface area contributed by atoms with E-state index < -0.39 is 28.8 Å². The standard InChI is InChI=1S/C12H12F3NO/c13-8-5-9(14)11(10(15)6-8)12(17)7-1-3-16-4-2-7/h5-7,16H,1-4H2. The summed E-state index contributed by atoms with van der Waals surface area (Å²) in [4.78, 5) is 11.9. The minimum atomic E-state index is -1.12. The first kappa shape index (κ1) is 12.1. The molecule has 2 rings (SSSR count). The summed E-state index contributed by atoms with van der Waals surface area (Å²) < 4.78 is 39.5. The molecule has 0 aromatic heterocycles. The highest BCUT2D eigenvalue weighted by Crippen LogP contribution is 2.23. The van der Waals surface area contributed by atoms with E-state index >= 15 is 0 Å². The number of halogens is 3. The number of ketones is 1. The second-order valence-corrected chi connectivity index (χ2v) is 4.13. The lowest BCUT2D eigenvalue weighted by Crippen LogP contribution is -2.32. The number of carbonyl (C=O) groups is 1. The van der Waals surface area contributed by atoms with Gasteiger partial charge in [0.1, 0.15) is 17.5 Å². The third kappa shape index (κ3) is 2.49. The van der Waals surface area contributed by atoms with E-state index in [-0.39, 0.29) is 5.92 Å². The average molecular weight is 243 g/mol. The Morgan fingerprint density at radius 2 is 1.65 bits per heavy atom. The van der Waals surface area contributed by atoms with Crippen molar-refractivity contribution in [1.82, 2.24) is 5.32 Å². The Balaban J connectivity index is 2.30. The number of benzene rings is 1. The maximum atomic E-state index is 13.4. The Kier molecular flexibility index (Phi) is 3.47. The Labute approximate surface area is 96.8 Å². The summed E-state index contributed by atoms with van der Waals surface area (Å²) in [7, 11) is 0. The van der Waals surface area contributed by atoms with Crippen LogP contribution in [-0.4, -0.2) is 18.9 Å². The number of hydrogen-bond acceptors (Lipinski definition) is 2. The van der Waals surface area contributed by atoms with Crippen molar-refractivity contribution in [2.24, 2.45) is 5.92 Å². The molecular formula is C12H12F3NO. The molecule has 1 N–H and O–H groups in total. The molecule has 1 aromatic carbocycles. The Morgan fingerprint density at radius 1 is 1.12 bits per heavy atom. The smallest absolute Gasteiger partial charge is 0.171 e. The van der Waals surface area contributed by atoms with Gasteiger partial charge in [-0.3, -0.25) is 4.79 Å². The molecule has 2 nitrogen and oxygen atoms in total. The molecule has 17 heavy (non-hydrogen) atoms. The van der Waals surface area contributed by atoms with Gasteiger partial charge in [0.05, 0.1) is 5.56 Å². The Hall–Kier alpha value is -1.36. The van der Waals surface area contributed by atoms with Crippen LogP contribution in [0.25, 0.3) is 0 Å². The van der Waals surface area contributed by atoms with Crippen LogP contribution in [0.2, 0.25) is 0 Å². The topological polar surface area (TPSA) is 29.1 Å². The second-order valence-electron chi connectivity index (χ2n) is 4.13. The predicted molar refractivity (Wildman–Crippen MR) is 56.2 cm³/mol. The Bertz CT molecular complexity index is 418. The lowest BCUT2D eigenvalue weighted by atomic mass is 9.89. The zero-order valence-corrected chi connectivity index (χ0v) is 9.10. The third-order valence-corrected chi connectivity index (χ3v) is 2.96. The first-order chi connectivity index (χ1) is 8.09. The molecule has 0 bridgehead atoms. The second kappa shape index (κ2) is 4.87. The van der Waals surface area contributed by atoms with Crippen molar-refractivity contribution in [3.05, 3.63) is 35.1 Å². The SMILES string of the molecule is O=C(c1c(F)cc(F)cc1F)C1CCNCC1. The summed E-state index contributed by atoms with van der Waals surface area (Å²) in [5, 5.41) is 3.06. The van der Waals surface area contributed by atoms with E-state index in [0.29, 0.717) is 38.1 Å². The molecular weight excluding hydrogens is 231 g/mol. The molecule has 5 heteroatoms. The van der Waals surface area contributed by atoms with Gasteiger partial charge in [0, 0.05) is 18.1 Å². The quantitative estimate of drug-likeness (QED) is 0.807. The van der Waals surface area contributed by atoms with Crippen LogP contribution in [0.1, 0.15) is 23.2 Å². The molecule has 1 aliphatic rings. The van der Waals surface area contributed by atoms with Crippen LogP contribution in [0.3, 0.4) is 0 Å². The average Bonchev–Trinajstić information content (AvgIpc) is 2.28. The van der Waals surface area contributed by atoms with Crippen LogP contribution in [0.15, 0.2) is 12.1 Å². The monoisotopic (exact) mass is 243 g/mol. The maximum absolute atomic E-state index is 13.4. The van der Waals surface area contributed by atoms with Gasteiger partial charge in [-0.1, -0.05) is 0 Å². The van der Waals surface area contributed by atoms with Crippen molar-refractivity contribution in [2.45, 2.75) is 12.8 Å². The van der Waals surface area contributed by atoms with Gasteiger partial charge in [-0.2, -0.15) is 0 Å². The van der Waals surface area contributed by atoms with Crippen LogP contribution in [0.4, 0.5) is 13.2 Å². The van der Waals surface area contributed by atoms with Gasteiger partial charge in [0.2, 0.25) is 0 Å². The summed E-state index contributed by atoms with van der Waals surface area (Å²) in [6, 6.07) is 1.08. The summed E-state index contributed by atoms with van der Waals surface area (Å²) >= 11 is 0. The van der Waals surface area contributed by atoms with Crippen LogP contribution < -0.4 is 5.32 Å². The number of hydrogen-bond donors (Lipinski definition) is 1. The molecule has 1 saturated heterocycles. The molecule has 92 valence electrons. The first-order valence-corrected chi connectivity index (χ1v) is 5.49. The van der Waals surface area contributed by atoms with Crippen molar-refractivity contribution < 1.29 is 18.0 Å². The Morgan fingerprint density at radius 3 is 2.18 bits per heavy atom. The lowest BCUT2D eigenvalue weighted by molar-refractivity contribution is 0.0886. The largest absolute Gasteiger partial charge is 0.317 e. The van der Waals surface area contributed by atoms with Gasteiger partial charge < -0.3 is 5.32 Å². The van der Waals surface area contributed by atoms with Crippen molar-refractivity contribution in [3.63, 3.8) is 0 Å². The molecule has 0 spiro atoms. The zero-order valence-electron chi connectivity index (χ0n) is 9.10. The van der Waals surface area contributed by atoms with Crippen LogP contribution >= 0.6 is 0 Å². The fourth-order valence-corrected chi connectivity index (χ4v) is 2.07. The molecule has 0 saturated carbocycles. The molecule has 1 aliphatic heterocycles. The van der Waals surface area contributed by atoms with Crippen LogP contribution in [0, 0.1) is 23.4 Å². The predicted octanol–water partition coefficient (Wildman–Crippen LogP) is 2.29. The number of nitrogens with one attached hydrogen (secondary N) is 1. The van der Waals surface area contributed by atoms with Gasteiger partial charge in [-0.15, -0.1) is 0 Å². The fourth-order valence-electron chi connectivity index (χ4n) is 2.07. The number of piperidine rings is 1. The van der Waals surface area contributed by atoms with E-state index in [1.165, 1.54) is 0 Å². The van der Waals surface area contributed by atoms with E-state index in [0.717, 1.165) is 0 Å². The van der Waals surface area contributed by atoms with Crippen molar-refractivity contribution in [2.75, 3.05) is 13.1 Å². The molecule has 0 aliphatic carbocycles. The van der Waals surface area contributed by atoms with E-state index in [1.54, 1.807) is 0 Å². The zero-order chi connectivity index (χ0) is 12.4. The van der Waals surface area contributed by atoms with E-state index in [9.17, 15) is 18.0 Å². The van der Waals surface area contributed by atoms with Crippen molar-refractivity contribution >= 4 is 5.78 Å². The molecule has 1 heterocycles. The van der Waals surface area contributed by atoms with E-state index in [2.05, 4.69) is 5.32 Å². The molecule has 0 amide bonds. The van der Waals surface area contributed by atoms with Gasteiger partial charge in [0.25, 0.3) is 0 Å². The minimum absolute atomic E-state index is 0.384. The van der Waals surface area contributed by atoms with Gasteiger partial charge in [0.15, 0.2) is 5.78 Å². The van der Waals surface area contributed by atoms with Crippen molar-refractivity contribution in [3.8, 4) is 0 Å². The summed E-state index contributed by atoms with van der Waals surface area (Å²) in [5.74, 6) is -4.20. The minimum Gasteiger partial charge on any atom is -0.317 e. The molecule has 0 atom stereocenters.